The standard InChI is InChI=1S/C24H16N2O2/c27-26(28)23-16-7-5-12-19(23)21-14-8-13-20-18-11-4-6-15-22(18)25(24(20)21)17-9-2-1-3-10-17/h1-16H/i1D,2D,3D,4D,5D,6D,7D,8D,9D,10D,11D,12D,13D,14D,15D,16D. The minimum atomic E-state index is -1.24. The molecule has 4 heteroatoms. The summed E-state index contributed by atoms with van der Waals surface area (Å²) in [5, 5.41) is 11.2. The molecule has 1 heterocycles. The van der Waals surface area contributed by atoms with Crippen LogP contribution in [0.25, 0.3) is 38.6 Å². The Hall–Kier alpha value is -3.92. The number of hydrogen-bond donors (Lipinski definition) is 0. The molecule has 0 aliphatic carbocycles. The van der Waals surface area contributed by atoms with Crippen molar-refractivity contribution in [1.29, 1.82) is 0 Å². The highest BCUT2D eigenvalue weighted by Gasteiger charge is 2.20. The van der Waals surface area contributed by atoms with Gasteiger partial charge in [0.1, 0.15) is 0 Å². The van der Waals surface area contributed by atoms with Crippen molar-refractivity contribution in [2.24, 2.45) is 0 Å². The van der Waals surface area contributed by atoms with E-state index in [0.29, 0.717) is 0 Å². The summed E-state index contributed by atoms with van der Waals surface area (Å²) >= 11 is 0. The van der Waals surface area contributed by atoms with Crippen LogP contribution in [-0.4, -0.2) is 9.49 Å². The Balaban J connectivity index is 2.31. The van der Waals surface area contributed by atoms with Crippen LogP contribution in [0, 0.1) is 10.1 Å². The van der Waals surface area contributed by atoms with Crippen LogP contribution in [-0.2, 0) is 0 Å². The number of fused-ring (bicyclic) bond motifs is 3. The second kappa shape index (κ2) is 6.35. The second-order valence-electron chi connectivity index (χ2n) is 5.49. The van der Waals surface area contributed by atoms with E-state index in [1.54, 1.807) is 0 Å². The Bertz CT molecular complexity index is 2150. The molecule has 0 bridgehead atoms. The Labute approximate surface area is 183 Å². The maximum absolute atomic E-state index is 12.3. The molecule has 0 fully saturated rings. The highest BCUT2D eigenvalue weighted by atomic mass is 16.6. The van der Waals surface area contributed by atoms with E-state index in [-0.39, 0.29) is 0 Å². The van der Waals surface area contributed by atoms with Crippen molar-refractivity contribution in [1.82, 2.24) is 4.57 Å². The van der Waals surface area contributed by atoms with Gasteiger partial charge in [-0.05, 0) is 24.2 Å². The van der Waals surface area contributed by atoms with Crippen LogP contribution >= 0.6 is 0 Å². The maximum atomic E-state index is 12.3. The predicted octanol–water partition coefficient (Wildman–Crippen LogP) is 6.36. The monoisotopic (exact) mass is 380 g/mol. The largest absolute Gasteiger partial charge is 0.309 e. The lowest BCUT2D eigenvalue weighted by Gasteiger charge is -2.11. The van der Waals surface area contributed by atoms with E-state index in [2.05, 4.69) is 0 Å². The molecular formula is C24H16N2O2. The first-order chi connectivity index (χ1) is 20.4. The number of para-hydroxylation sites is 4. The highest BCUT2D eigenvalue weighted by Crippen LogP contribution is 2.40. The first-order valence-corrected chi connectivity index (χ1v) is 7.76. The van der Waals surface area contributed by atoms with E-state index in [9.17, 15) is 10.1 Å². The molecule has 134 valence electrons. The van der Waals surface area contributed by atoms with Crippen molar-refractivity contribution in [2.45, 2.75) is 0 Å². The molecule has 0 amide bonds. The third-order valence-corrected chi connectivity index (χ3v) is 4.02. The number of hydrogen-bond acceptors (Lipinski definition) is 2. The van der Waals surface area contributed by atoms with Gasteiger partial charge in [0.2, 0.25) is 0 Å². The molecule has 4 nitrogen and oxygen atoms in total. The van der Waals surface area contributed by atoms with E-state index < -0.39 is 146 Å². The Morgan fingerprint density at radius 3 is 2.18 bits per heavy atom. The molecule has 0 saturated heterocycles. The van der Waals surface area contributed by atoms with E-state index in [1.807, 2.05) is 0 Å². The summed E-state index contributed by atoms with van der Waals surface area (Å²) in [5.74, 6) is 0. The molecule has 0 radical (unpaired) electrons. The third kappa shape index (κ3) is 2.39. The molecule has 0 spiro atoms. The third-order valence-electron chi connectivity index (χ3n) is 4.02. The molecule has 0 aliphatic heterocycles. The van der Waals surface area contributed by atoms with E-state index in [1.165, 1.54) is 0 Å². The van der Waals surface area contributed by atoms with Crippen LogP contribution in [0.2, 0.25) is 0 Å². The normalized spacial score (nSPS) is 19.1. The first-order valence-electron chi connectivity index (χ1n) is 15.8. The molecule has 5 aromatic rings. The van der Waals surface area contributed by atoms with Gasteiger partial charge in [0.15, 0.2) is 0 Å². The summed E-state index contributed by atoms with van der Waals surface area (Å²) in [6, 6.07) is -14.5. The summed E-state index contributed by atoms with van der Waals surface area (Å²) in [7, 11) is 0. The van der Waals surface area contributed by atoms with Gasteiger partial charge in [0.05, 0.1) is 43.5 Å². The van der Waals surface area contributed by atoms with Crippen LogP contribution in [0.3, 0.4) is 0 Å². The minimum absolute atomic E-state index is 0.485. The number of nitro benzene ring substituents is 1. The number of rotatable bonds is 3. The van der Waals surface area contributed by atoms with Crippen molar-refractivity contribution in [3.63, 3.8) is 0 Å². The van der Waals surface area contributed by atoms with E-state index in [0.717, 1.165) is 4.57 Å². The van der Waals surface area contributed by atoms with Gasteiger partial charge in [0.25, 0.3) is 5.69 Å². The Kier molecular flexibility index (Phi) is 1.50. The molecule has 0 unspecified atom stereocenters. The molecule has 28 heavy (non-hydrogen) atoms. The zero-order valence-corrected chi connectivity index (χ0v) is 13.7. The lowest BCUT2D eigenvalue weighted by Crippen LogP contribution is -1.97. The average molecular weight is 381 g/mol. The van der Waals surface area contributed by atoms with Crippen LogP contribution < -0.4 is 0 Å². The number of aromatic nitrogens is 1. The van der Waals surface area contributed by atoms with Crippen LogP contribution in [0.1, 0.15) is 21.9 Å². The van der Waals surface area contributed by atoms with Crippen molar-refractivity contribution >= 4 is 27.5 Å². The predicted molar refractivity (Wildman–Crippen MR) is 113 cm³/mol. The summed E-state index contributed by atoms with van der Waals surface area (Å²) in [5.41, 5.74) is -4.89. The number of nitro groups is 1. The lowest BCUT2D eigenvalue weighted by molar-refractivity contribution is -0.384. The van der Waals surface area contributed by atoms with Gasteiger partial charge in [-0.1, -0.05) is 66.5 Å². The van der Waals surface area contributed by atoms with Crippen molar-refractivity contribution < 1.29 is 26.9 Å². The highest BCUT2D eigenvalue weighted by molar-refractivity contribution is 6.14. The van der Waals surface area contributed by atoms with Crippen molar-refractivity contribution in [3.05, 3.63) is 107 Å². The molecule has 0 N–H and O–H groups in total. The van der Waals surface area contributed by atoms with Crippen LogP contribution in [0.5, 0.6) is 0 Å². The quantitative estimate of drug-likeness (QED) is 0.270. The second-order valence-corrected chi connectivity index (χ2v) is 5.49. The smallest absolute Gasteiger partial charge is 0.277 e. The SMILES string of the molecule is [2H]c1c([2H])c([2H])c(-n2c3c([2H])c([2H])c([2H])c([2H])c3c3c([2H])c([2H])c([2H])c(-c4c([2H])c([2H])c([2H])c([2H])c4[N+](=O)[O-])c32)c([2H])c1[2H]. The molecular weight excluding hydrogens is 348 g/mol. The van der Waals surface area contributed by atoms with Crippen molar-refractivity contribution in [2.75, 3.05) is 0 Å². The fourth-order valence-corrected chi connectivity index (χ4v) is 2.95. The van der Waals surface area contributed by atoms with E-state index >= 15 is 0 Å². The van der Waals surface area contributed by atoms with Gasteiger partial charge in [-0.3, -0.25) is 10.1 Å². The van der Waals surface area contributed by atoms with Gasteiger partial charge in [0, 0.05) is 28.1 Å². The minimum Gasteiger partial charge on any atom is -0.309 e. The summed E-state index contributed by atoms with van der Waals surface area (Å²) < 4.78 is 135. The fraction of sp³-hybridized carbons (Fsp3) is 0. The van der Waals surface area contributed by atoms with Gasteiger partial charge < -0.3 is 4.57 Å². The zero-order chi connectivity index (χ0) is 33.0. The van der Waals surface area contributed by atoms with Crippen LogP contribution in [0.4, 0.5) is 5.69 Å². The van der Waals surface area contributed by atoms with E-state index in [4.69, 9.17) is 21.9 Å². The summed E-state index contributed by atoms with van der Waals surface area (Å²) in [6.45, 7) is 0. The Morgan fingerprint density at radius 1 is 0.714 bits per heavy atom. The Morgan fingerprint density at radius 2 is 1.36 bits per heavy atom. The molecule has 1 aromatic heterocycles. The topological polar surface area (TPSA) is 48.1 Å². The number of benzene rings is 4. The van der Waals surface area contributed by atoms with Crippen molar-refractivity contribution in [3.8, 4) is 16.8 Å². The maximum Gasteiger partial charge on any atom is 0.277 e. The van der Waals surface area contributed by atoms with Gasteiger partial charge >= 0.3 is 0 Å². The lowest BCUT2D eigenvalue weighted by atomic mass is 10.0. The molecule has 4 aromatic carbocycles. The van der Waals surface area contributed by atoms with Crippen LogP contribution in [0.15, 0.2) is 96.7 Å². The van der Waals surface area contributed by atoms with Gasteiger partial charge in [-0.25, -0.2) is 0 Å². The first kappa shape index (κ1) is 6.60. The molecule has 0 atom stereocenters. The fourth-order valence-electron chi connectivity index (χ4n) is 2.95. The van der Waals surface area contributed by atoms with Gasteiger partial charge in [-0.2, -0.15) is 0 Å². The summed E-state index contributed by atoms with van der Waals surface area (Å²) in [6.07, 6.45) is 0. The number of nitrogens with zero attached hydrogens (tertiary/aromatic N) is 2. The average Bonchev–Trinajstić information content (AvgIpc) is 3.32. The molecule has 5 rings (SSSR count). The summed E-state index contributed by atoms with van der Waals surface area (Å²) in [4.78, 5) is 11.1. The molecule has 0 aliphatic rings. The zero-order valence-electron chi connectivity index (χ0n) is 29.7. The van der Waals surface area contributed by atoms with Gasteiger partial charge in [-0.15, -0.1) is 0 Å². The molecule has 0 saturated carbocycles.